The fraction of sp³-hybridized carbons (Fsp3) is 0.688. The minimum absolute atomic E-state index is 0.280. The van der Waals surface area contributed by atoms with Crippen molar-refractivity contribution in [3.63, 3.8) is 0 Å². The Kier molecular flexibility index (Phi) is 5.75. The molecule has 1 aliphatic rings. The van der Waals surface area contributed by atoms with Crippen LogP contribution in [0.5, 0.6) is 0 Å². The highest BCUT2D eigenvalue weighted by Crippen LogP contribution is 2.37. The van der Waals surface area contributed by atoms with Crippen LogP contribution in [-0.2, 0) is 11.2 Å². The van der Waals surface area contributed by atoms with Crippen molar-refractivity contribution in [3.05, 3.63) is 20.8 Å². The third-order valence-electron chi connectivity index (χ3n) is 3.63. The largest absolute Gasteiger partial charge is 0.444 e. The van der Waals surface area contributed by atoms with Crippen LogP contribution in [0.3, 0.4) is 0 Å². The number of thiophene rings is 1. The van der Waals surface area contributed by atoms with E-state index in [1.54, 1.807) is 23.3 Å². The molecule has 2 rings (SSSR count). The maximum Gasteiger partial charge on any atom is 0.410 e. The van der Waals surface area contributed by atoms with Gasteiger partial charge in [-0.3, -0.25) is 0 Å². The average molecular weight is 345 g/mol. The van der Waals surface area contributed by atoms with Gasteiger partial charge in [-0.1, -0.05) is 11.6 Å². The van der Waals surface area contributed by atoms with Gasteiger partial charge in [-0.25, -0.2) is 4.79 Å². The molecule has 124 valence electrons. The number of aryl methyl sites for hydroxylation is 1. The number of carbonyl (C=O) groups excluding carboxylic acids is 1. The van der Waals surface area contributed by atoms with E-state index in [9.17, 15) is 4.79 Å². The van der Waals surface area contributed by atoms with Crippen LogP contribution in [0.4, 0.5) is 4.79 Å². The first-order valence-electron chi connectivity index (χ1n) is 7.72. The summed E-state index contributed by atoms with van der Waals surface area (Å²) in [5.41, 5.74) is 0.881. The topological polar surface area (TPSA) is 41.6 Å². The Labute approximate surface area is 141 Å². The van der Waals surface area contributed by atoms with Crippen molar-refractivity contribution >= 4 is 29.0 Å². The molecule has 0 aliphatic heterocycles. The minimum Gasteiger partial charge on any atom is -0.444 e. The van der Waals surface area contributed by atoms with Crippen LogP contribution in [0, 0.1) is 0 Å². The summed E-state index contributed by atoms with van der Waals surface area (Å²) in [6.45, 7) is 6.99. The van der Waals surface area contributed by atoms with E-state index in [2.05, 4.69) is 11.4 Å². The van der Waals surface area contributed by atoms with Gasteiger partial charge in [-0.15, -0.1) is 11.3 Å². The van der Waals surface area contributed by atoms with Gasteiger partial charge in [0.15, 0.2) is 0 Å². The van der Waals surface area contributed by atoms with Crippen LogP contribution < -0.4 is 5.32 Å². The van der Waals surface area contributed by atoms with Crippen LogP contribution in [-0.4, -0.2) is 36.7 Å². The second-order valence-electron chi connectivity index (χ2n) is 6.73. The minimum atomic E-state index is -0.454. The van der Waals surface area contributed by atoms with E-state index in [1.807, 2.05) is 20.8 Å². The number of hydrogen-bond donors (Lipinski definition) is 1. The van der Waals surface area contributed by atoms with E-state index in [0.29, 0.717) is 12.6 Å². The maximum atomic E-state index is 11.9. The molecule has 6 heteroatoms. The molecule has 1 heterocycles. The van der Waals surface area contributed by atoms with Gasteiger partial charge in [0, 0.05) is 31.1 Å². The Hall–Kier alpha value is -0.780. The fourth-order valence-electron chi connectivity index (χ4n) is 2.57. The Bertz CT molecular complexity index is 525. The summed E-state index contributed by atoms with van der Waals surface area (Å²) in [6.07, 6.45) is 3.15. The molecule has 22 heavy (non-hydrogen) atoms. The van der Waals surface area contributed by atoms with E-state index >= 15 is 0 Å². The monoisotopic (exact) mass is 344 g/mol. The molecule has 0 fully saturated rings. The Morgan fingerprint density at radius 2 is 2.27 bits per heavy atom. The summed E-state index contributed by atoms with van der Waals surface area (Å²) in [5, 5.41) is 3.54. The zero-order valence-electron chi connectivity index (χ0n) is 13.7. The number of likely N-dealkylation sites (N-methyl/N-ethyl adjacent to an activating group) is 1. The highest BCUT2D eigenvalue weighted by molar-refractivity contribution is 7.16. The third kappa shape index (κ3) is 4.86. The molecular weight excluding hydrogens is 320 g/mol. The molecule has 4 nitrogen and oxygen atoms in total. The second-order valence-corrected chi connectivity index (χ2v) is 8.50. The molecule has 0 radical (unpaired) electrons. The molecular formula is C16H25ClN2O2S. The number of halogens is 1. The molecule has 1 amide bonds. The van der Waals surface area contributed by atoms with Crippen molar-refractivity contribution in [2.75, 3.05) is 20.1 Å². The molecule has 0 bridgehead atoms. The van der Waals surface area contributed by atoms with Crippen molar-refractivity contribution in [1.82, 2.24) is 10.2 Å². The third-order valence-corrected chi connectivity index (χ3v) is 4.97. The summed E-state index contributed by atoms with van der Waals surface area (Å²) in [7, 11) is 1.77. The number of rotatable bonds is 4. The Balaban J connectivity index is 1.81. The molecule has 0 saturated carbocycles. The lowest BCUT2D eigenvalue weighted by molar-refractivity contribution is 0.0299. The summed E-state index contributed by atoms with van der Waals surface area (Å²) in [4.78, 5) is 14.9. The SMILES string of the molecule is CN(CCNC1CCCc2sc(Cl)cc21)C(=O)OC(C)(C)C. The van der Waals surface area contributed by atoms with Crippen molar-refractivity contribution in [1.29, 1.82) is 0 Å². The summed E-state index contributed by atoms with van der Waals surface area (Å²) < 4.78 is 6.21. The number of ether oxygens (including phenoxy) is 1. The van der Waals surface area contributed by atoms with Gasteiger partial charge >= 0.3 is 6.09 Å². The van der Waals surface area contributed by atoms with Crippen LogP contribution in [0.25, 0.3) is 0 Å². The smallest absolute Gasteiger partial charge is 0.410 e. The van der Waals surface area contributed by atoms with Crippen LogP contribution in [0.15, 0.2) is 6.07 Å². The Morgan fingerprint density at radius 3 is 2.95 bits per heavy atom. The van der Waals surface area contributed by atoms with Crippen molar-refractivity contribution in [2.45, 2.75) is 51.7 Å². The lowest BCUT2D eigenvalue weighted by Gasteiger charge is -2.27. The standard InChI is InChI=1S/C16H25ClN2O2S/c1-16(2,3)21-15(20)19(4)9-8-18-12-6-5-7-13-11(12)10-14(17)22-13/h10,12,18H,5-9H2,1-4H3. The second kappa shape index (κ2) is 7.20. The number of nitrogens with one attached hydrogen (secondary N) is 1. The van der Waals surface area contributed by atoms with Crippen molar-refractivity contribution < 1.29 is 9.53 Å². The molecule has 0 spiro atoms. The summed E-state index contributed by atoms with van der Waals surface area (Å²) in [6, 6.07) is 2.43. The molecule has 1 N–H and O–H groups in total. The normalized spacial score (nSPS) is 18.0. The first-order valence-corrected chi connectivity index (χ1v) is 8.91. The molecule has 1 aliphatic carbocycles. The van der Waals surface area contributed by atoms with Gasteiger partial charge in [0.25, 0.3) is 0 Å². The van der Waals surface area contributed by atoms with E-state index < -0.39 is 5.60 Å². The van der Waals surface area contributed by atoms with Gasteiger partial charge < -0.3 is 15.0 Å². The summed E-state index contributed by atoms with van der Waals surface area (Å²) in [5.74, 6) is 0. The number of carbonyl (C=O) groups is 1. The predicted octanol–water partition coefficient (Wildman–Crippen LogP) is 4.24. The first-order chi connectivity index (χ1) is 10.3. The lowest BCUT2D eigenvalue weighted by atomic mass is 9.94. The highest BCUT2D eigenvalue weighted by atomic mass is 35.5. The number of nitrogens with zero attached hydrogens (tertiary/aromatic N) is 1. The average Bonchev–Trinajstić information content (AvgIpc) is 2.77. The van der Waals surface area contributed by atoms with Gasteiger partial charge in [0.2, 0.25) is 0 Å². The van der Waals surface area contributed by atoms with Gasteiger partial charge in [-0.2, -0.15) is 0 Å². The van der Waals surface area contributed by atoms with Crippen molar-refractivity contribution in [2.24, 2.45) is 0 Å². The molecule has 0 aromatic carbocycles. The highest BCUT2D eigenvalue weighted by Gasteiger charge is 2.23. The molecule has 1 aromatic rings. The predicted molar refractivity (Wildman–Crippen MR) is 91.9 cm³/mol. The van der Waals surface area contributed by atoms with Crippen LogP contribution in [0.1, 0.15) is 50.1 Å². The van der Waals surface area contributed by atoms with E-state index in [1.165, 1.54) is 16.9 Å². The molecule has 1 aromatic heterocycles. The van der Waals surface area contributed by atoms with E-state index in [-0.39, 0.29) is 6.09 Å². The zero-order chi connectivity index (χ0) is 16.3. The van der Waals surface area contributed by atoms with Crippen LogP contribution >= 0.6 is 22.9 Å². The molecule has 1 atom stereocenters. The van der Waals surface area contributed by atoms with Gasteiger partial charge in [-0.05, 0) is 51.7 Å². The quantitative estimate of drug-likeness (QED) is 0.888. The van der Waals surface area contributed by atoms with E-state index in [4.69, 9.17) is 16.3 Å². The Morgan fingerprint density at radius 1 is 1.55 bits per heavy atom. The maximum absolute atomic E-state index is 11.9. The molecule has 1 unspecified atom stereocenters. The van der Waals surface area contributed by atoms with Crippen LogP contribution in [0.2, 0.25) is 4.34 Å². The summed E-state index contributed by atoms with van der Waals surface area (Å²) >= 11 is 7.81. The van der Waals surface area contributed by atoms with Crippen molar-refractivity contribution in [3.8, 4) is 0 Å². The number of hydrogen-bond acceptors (Lipinski definition) is 4. The number of fused-ring (bicyclic) bond motifs is 1. The van der Waals surface area contributed by atoms with Gasteiger partial charge in [0.05, 0.1) is 4.34 Å². The zero-order valence-corrected chi connectivity index (χ0v) is 15.3. The first kappa shape index (κ1) is 17.6. The van der Waals surface area contributed by atoms with E-state index in [0.717, 1.165) is 23.7 Å². The fourth-order valence-corrected chi connectivity index (χ4v) is 3.95. The lowest BCUT2D eigenvalue weighted by Crippen LogP contribution is -2.39. The molecule has 0 saturated heterocycles. The van der Waals surface area contributed by atoms with Gasteiger partial charge in [0.1, 0.15) is 5.60 Å². The number of amides is 1.